The van der Waals surface area contributed by atoms with Crippen molar-refractivity contribution in [2.45, 2.75) is 6.92 Å². The number of aromatic amines is 1. The summed E-state index contributed by atoms with van der Waals surface area (Å²) in [6.45, 7) is 2.39. The number of carbonyl (C=O) groups excluding carboxylic acids is 1. The van der Waals surface area contributed by atoms with Crippen molar-refractivity contribution >= 4 is 17.3 Å². The Kier molecular flexibility index (Phi) is 8.52. The first-order valence-electron chi connectivity index (χ1n) is 8.95. The van der Waals surface area contributed by atoms with E-state index < -0.39 is 0 Å². The van der Waals surface area contributed by atoms with Crippen molar-refractivity contribution in [2.24, 2.45) is 7.05 Å². The van der Waals surface area contributed by atoms with Crippen molar-refractivity contribution in [1.29, 1.82) is 0 Å². The molecule has 2 aromatic heterocycles. The van der Waals surface area contributed by atoms with Gasteiger partial charge in [0, 0.05) is 36.9 Å². The molecule has 2 heterocycles. The van der Waals surface area contributed by atoms with Crippen LogP contribution in [0.25, 0.3) is 22.2 Å². The Labute approximate surface area is 168 Å². The van der Waals surface area contributed by atoms with E-state index in [-0.39, 0.29) is 12.4 Å². The zero-order valence-corrected chi connectivity index (χ0v) is 16.3. The van der Waals surface area contributed by atoms with Crippen molar-refractivity contribution < 1.29 is 14.3 Å². The summed E-state index contributed by atoms with van der Waals surface area (Å²) in [4.78, 5) is 13.1. The number of carbonyl (C=O) groups is 1. The summed E-state index contributed by atoms with van der Waals surface area (Å²) in [5, 5.41) is 18.5. The van der Waals surface area contributed by atoms with E-state index in [1.807, 2.05) is 42.9 Å². The van der Waals surface area contributed by atoms with Crippen molar-refractivity contribution in [2.75, 3.05) is 13.2 Å². The molecule has 0 saturated heterocycles. The number of hydrogen-bond donors (Lipinski definition) is 3. The number of rotatable bonds is 4. The molecule has 0 atom stereocenters. The lowest BCUT2D eigenvalue weighted by Crippen LogP contribution is -2.14. The van der Waals surface area contributed by atoms with Gasteiger partial charge in [-0.1, -0.05) is 23.8 Å². The zero-order chi connectivity index (χ0) is 21.1. The van der Waals surface area contributed by atoms with Crippen LogP contribution in [0.15, 0.2) is 61.2 Å². The Morgan fingerprint density at radius 2 is 2.10 bits per heavy atom. The summed E-state index contributed by atoms with van der Waals surface area (Å²) in [5.41, 5.74) is 3.72. The predicted octanol–water partition coefficient (Wildman–Crippen LogP) is 2.82. The van der Waals surface area contributed by atoms with Gasteiger partial charge in [-0.3, -0.25) is 9.89 Å². The summed E-state index contributed by atoms with van der Waals surface area (Å²) in [7, 11) is 1.94. The molecule has 0 aliphatic carbocycles. The molecular weight excluding hydrogens is 373 g/mol. The van der Waals surface area contributed by atoms with Gasteiger partial charge in [0.25, 0.3) is 0 Å². The highest BCUT2D eigenvalue weighted by Gasteiger charge is 2.08. The molecule has 0 fully saturated rings. The van der Waals surface area contributed by atoms with E-state index in [0.717, 1.165) is 27.7 Å². The summed E-state index contributed by atoms with van der Waals surface area (Å²) in [5.74, 6) is -0.244. The largest absolute Gasteiger partial charge is 0.395 e. The molecule has 8 heteroatoms. The van der Waals surface area contributed by atoms with Crippen LogP contribution in [0.2, 0.25) is 0 Å². The highest BCUT2D eigenvalue weighted by molar-refractivity contribution is 5.93. The molecule has 2 aromatic carbocycles. The second-order valence-electron chi connectivity index (χ2n) is 6.16. The van der Waals surface area contributed by atoms with Crippen LogP contribution in [0.1, 0.15) is 5.56 Å². The van der Waals surface area contributed by atoms with Crippen molar-refractivity contribution in [3.8, 4) is 11.3 Å². The van der Waals surface area contributed by atoms with E-state index in [0.29, 0.717) is 13.0 Å². The Morgan fingerprint density at radius 3 is 2.66 bits per heavy atom. The third kappa shape index (κ3) is 6.86. The number of aliphatic hydroxyl groups excluding tert-OH is 1. The number of H-pyrrole nitrogens is 1. The summed E-state index contributed by atoms with van der Waals surface area (Å²) < 4.78 is 15.1. The van der Waals surface area contributed by atoms with E-state index in [2.05, 4.69) is 26.6 Å². The Balaban J connectivity index is 0.000000206. The smallest absolute Gasteiger partial charge is 0.207 e. The maximum atomic E-state index is 13.2. The fourth-order valence-corrected chi connectivity index (χ4v) is 2.43. The lowest BCUT2D eigenvalue weighted by Gasteiger charge is -1.98. The first kappa shape index (κ1) is 21.8. The van der Waals surface area contributed by atoms with E-state index in [1.54, 1.807) is 18.6 Å². The van der Waals surface area contributed by atoms with Gasteiger partial charge in [0.1, 0.15) is 11.5 Å². The van der Waals surface area contributed by atoms with Crippen LogP contribution in [-0.4, -0.2) is 44.4 Å². The van der Waals surface area contributed by atoms with Gasteiger partial charge in [-0.25, -0.2) is 9.37 Å². The van der Waals surface area contributed by atoms with Gasteiger partial charge in [0.2, 0.25) is 6.41 Å². The van der Waals surface area contributed by atoms with Crippen LogP contribution in [0.5, 0.6) is 0 Å². The van der Waals surface area contributed by atoms with Crippen LogP contribution < -0.4 is 5.32 Å². The van der Waals surface area contributed by atoms with E-state index in [9.17, 15) is 9.18 Å². The quantitative estimate of drug-likeness (QED) is 0.364. The molecule has 4 aromatic rings. The van der Waals surface area contributed by atoms with Gasteiger partial charge in [-0.15, -0.1) is 0 Å². The molecule has 7 nitrogen and oxygen atoms in total. The molecule has 3 N–H and O–H groups in total. The first-order chi connectivity index (χ1) is 14.0. The maximum Gasteiger partial charge on any atom is 0.207 e. The minimum absolute atomic E-state index is 0.0126. The number of halogens is 1. The number of aliphatic hydroxyl groups is 1. The fourth-order valence-electron chi connectivity index (χ4n) is 2.43. The summed E-state index contributed by atoms with van der Waals surface area (Å²) in [6.07, 6.45) is 5.94. The van der Waals surface area contributed by atoms with Gasteiger partial charge in [-0.2, -0.15) is 5.10 Å². The summed E-state index contributed by atoms with van der Waals surface area (Å²) in [6, 6.07) is 12.6. The van der Waals surface area contributed by atoms with Gasteiger partial charge < -0.3 is 15.0 Å². The molecule has 152 valence electrons. The number of nitrogens with one attached hydrogen (secondary N) is 2. The van der Waals surface area contributed by atoms with E-state index in [1.165, 1.54) is 12.1 Å². The number of imidazole rings is 1. The SMILES string of the molecule is Cc1ccc2[nH]nc(-c3cccc(F)c3)c2c1.Cn1ccnc1.O=CNCCO. The highest BCUT2D eigenvalue weighted by atomic mass is 19.1. The van der Waals surface area contributed by atoms with Gasteiger partial charge in [0.05, 0.1) is 18.5 Å². The number of aryl methyl sites for hydroxylation is 2. The van der Waals surface area contributed by atoms with E-state index >= 15 is 0 Å². The predicted molar refractivity (Wildman–Crippen MR) is 111 cm³/mol. The first-order valence-corrected chi connectivity index (χ1v) is 8.95. The van der Waals surface area contributed by atoms with E-state index in [4.69, 9.17) is 5.11 Å². The second kappa shape index (κ2) is 11.4. The molecule has 0 radical (unpaired) electrons. The van der Waals surface area contributed by atoms with Crippen LogP contribution >= 0.6 is 0 Å². The van der Waals surface area contributed by atoms with Gasteiger partial charge in [0.15, 0.2) is 0 Å². The molecule has 0 aliphatic heterocycles. The molecular formula is C21H24FN5O2. The lowest BCUT2D eigenvalue weighted by molar-refractivity contribution is -0.109. The molecule has 0 unspecified atom stereocenters. The van der Waals surface area contributed by atoms with Gasteiger partial charge >= 0.3 is 0 Å². The maximum absolute atomic E-state index is 13.2. The summed E-state index contributed by atoms with van der Waals surface area (Å²) >= 11 is 0. The molecule has 29 heavy (non-hydrogen) atoms. The molecule has 0 aliphatic rings. The number of fused-ring (bicyclic) bond motifs is 1. The number of nitrogens with zero attached hydrogens (tertiary/aromatic N) is 3. The second-order valence-corrected chi connectivity index (χ2v) is 6.16. The average Bonchev–Trinajstić information content (AvgIpc) is 3.36. The Morgan fingerprint density at radius 1 is 1.28 bits per heavy atom. The van der Waals surface area contributed by atoms with Crippen molar-refractivity contribution in [1.82, 2.24) is 25.1 Å². The van der Waals surface area contributed by atoms with Crippen LogP contribution in [-0.2, 0) is 11.8 Å². The molecule has 0 bridgehead atoms. The average molecular weight is 397 g/mol. The fraction of sp³-hybridized carbons (Fsp3) is 0.190. The molecule has 4 rings (SSSR count). The Hall–Kier alpha value is -3.52. The minimum Gasteiger partial charge on any atom is -0.395 e. The van der Waals surface area contributed by atoms with Crippen LogP contribution in [0.3, 0.4) is 0 Å². The Bertz CT molecular complexity index is 1020. The van der Waals surface area contributed by atoms with Crippen LogP contribution in [0, 0.1) is 12.7 Å². The third-order valence-corrected chi connectivity index (χ3v) is 3.79. The third-order valence-electron chi connectivity index (χ3n) is 3.79. The molecule has 0 saturated carbocycles. The number of hydrogen-bond acceptors (Lipinski definition) is 4. The van der Waals surface area contributed by atoms with Crippen LogP contribution in [0.4, 0.5) is 4.39 Å². The number of aromatic nitrogens is 4. The molecule has 0 spiro atoms. The normalized spacial score (nSPS) is 9.79. The van der Waals surface area contributed by atoms with Crippen molar-refractivity contribution in [3.63, 3.8) is 0 Å². The zero-order valence-electron chi connectivity index (χ0n) is 16.3. The number of benzene rings is 2. The minimum atomic E-state index is -0.244. The number of amides is 1. The lowest BCUT2D eigenvalue weighted by atomic mass is 10.1. The molecule has 1 amide bonds. The monoisotopic (exact) mass is 397 g/mol. The van der Waals surface area contributed by atoms with Gasteiger partial charge in [-0.05, 0) is 31.2 Å². The highest BCUT2D eigenvalue weighted by Crippen LogP contribution is 2.27. The van der Waals surface area contributed by atoms with Crippen molar-refractivity contribution in [3.05, 3.63) is 72.6 Å². The standard InChI is InChI=1S/C14H11FN2.C4H6N2.C3H7NO2/c1-9-5-6-13-12(7-9)14(17-16-13)10-3-2-4-11(15)8-10;1-6-3-2-5-4-6;5-2-1-4-3-6/h2-8H,1H3,(H,16,17);2-4H,1H3;3,5H,1-2H2,(H,4,6). The topological polar surface area (TPSA) is 95.8 Å².